The van der Waals surface area contributed by atoms with Gasteiger partial charge in [-0.15, -0.1) is 0 Å². The summed E-state index contributed by atoms with van der Waals surface area (Å²) in [5.74, 6) is 1.01. The quantitative estimate of drug-likeness (QED) is 0.782. The van der Waals surface area contributed by atoms with E-state index in [1.54, 1.807) is 18.2 Å². The zero-order chi connectivity index (χ0) is 16.1. The van der Waals surface area contributed by atoms with Gasteiger partial charge in [0, 0.05) is 17.8 Å². The van der Waals surface area contributed by atoms with Crippen molar-refractivity contribution in [2.24, 2.45) is 5.92 Å². The zero-order valence-corrected chi connectivity index (χ0v) is 13.2. The Balaban J connectivity index is 1.88. The number of anilines is 2. The number of fused-ring (bicyclic) bond motifs is 1. The van der Waals surface area contributed by atoms with Gasteiger partial charge in [-0.3, -0.25) is 4.79 Å². The van der Waals surface area contributed by atoms with Crippen LogP contribution in [-0.2, 0) is 4.79 Å². The summed E-state index contributed by atoms with van der Waals surface area (Å²) in [6, 6.07) is 5.02. The van der Waals surface area contributed by atoms with Crippen LogP contribution in [0.15, 0.2) is 18.2 Å². The average molecular weight is 305 g/mol. The topological polar surface area (TPSA) is 79.5 Å². The Morgan fingerprint density at radius 3 is 2.82 bits per heavy atom. The number of hydrogen-bond donors (Lipinski definition) is 3. The highest BCUT2D eigenvalue weighted by Crippen LogP contribution is 2.30. The van der Waals surface area contributed by atoms with Gasteiger partial charge >= 0.3 is 6.03 Å². The predicted molar refractivity (Wildman–Crippen MR) is 86.3 cm³/mol. The van der Waals surface area contributed by atoms with Crippen LogP contribution in [0.3, 0.4) is 0 Å². The molecule has 1 unspecified atom stereocenters. The molecule has 1 aromatic carbocycles. The molecule has 3 amide bonds. The molecule has 120 valence electrons. The number of carbonyl (C=O) groups excluding carboxylic acids is 2. The van der Waals surface area contributed by atoms with Crippen molar-refractivity contribution >= 4 is 23.3 Å². The normalized spacial score (nSPS) is 14.6. The van der Waals surface area contributed by atoms with Gasteiger partial charge in [0.05, 0.1) is 5.69 Å². The number of benzene rings is 1. The van der Waals surface area contributed by atoms with E-state index in [-0.39, 0.29) is 24.6 Å². The Kier molecular flexibility index (Phi) is 5.25. The number of nitrogens with one attached hydrogen (secondary N) is 3. The van der Waals surface area contributed by atoms with E-state index in [0.717, 1.165) is 12.8 Å². The maximum Gasteiger partial charge on any atom is 0.319 e. The Bertz CT molecular complexity index is 558. The van der Waals surface area contributed by atoms with Crippen molar-refractivity contribution in [1.82, 2.24) is 5.32 Å². The summed E-state index contributed by atoms with van der Waals surface area (Å²) < 4.78 is 5.32. The Labute approximate surface area is 130 Å². The molecule has 0 aromatic heterocycles. The van der Waals surface area contributed by atoms with Crippen LogP contribution in [0.25, 0.3) is 0 Å². The lowest BCUT2D eigenvalue weighted by Gasteiger charge is -2.19. The van der Waals surface area contributed by atoms with Crippen LogP contribution in [0, 0.1) is 5.92 Å². The molecule has 0 bridgehead atoms. The predicted octanol–water partition coefficient (Wildman–Crippen LogP) is 2.96. The molecule has 1 aliphatic rings. The van der Waals surface area contributed by atoms with Gasteiger partial charge in [0.2, 0.25) is 0 Å². The fraction of sp³-hybridized carbons (Fsp3) is 0.500. The number of ether oxygens (including phenoxy) is 1. The van der Waals surface area contributed by atoms with Crippen molar-refractivity contribution in [2.75, 3.05) is 17.2 Å². The summed E-state index contributed by atoms with van der Waals surface area (Å²) in [6.45, 7) is 6.32. The minimum absolute atomic E-state index is 0.00507. The Morgan fingerprint density at radius 2 is 2.09 bits per heavy atom. The van der Waals surface area contributed by atoms with Crippen LogP contribution >= 0.6 is 0 Å². The Morgan fingerprint density at radius 1 is 1.32 bits per heavy atom. The molecule has 1 aliphatic heterocycles. The summed E-state index contributed by atoms with van der Waals surface area (Å²) in [6.07, 6.45) is 2.03. The van der Waals surface area contributed by atoms with Gasteiger partial charge < -0.3 is 20.7 Å². The second kappa shape index (κ2) is 7.15. The molecular formula is C16H23N3O3. The molecule has 0 fully saturated rings. The molecule has 6 nitrogen and oxygen atoms in total. The van der Waals surface area contributed by atoms with Gasteiger partial charge in [-0.25, -0.2) is 4.79 Å². The fourth-order valence-corrected chi connectivity index (χ4v) is 2.20. The lowest BCUT2D eigenvalue weighted by molar-refractivity contribution is -0.118. The zero-order valence-electron chi connectivity index (χ0n) is 13.2. The summed E-state index contributed by atoms with van der Waals surface area (Å²) in [7, 11) is 0. The second-order valence-electron chi connectivity index (χ2n) is 6.02. The highest BCUT2D eigenvalue weighted by atomic mass is 16.5. The first-order valence-electron chi connectivity index (χ1n) is 7.58. The molecule has 1 aromatic rings. The lowest BCUT2D eigenvalue weighted by atomic mass is 10.0. The van der Waals surface area contributed by atoms with Gasteiger partial charge in [-0.05, 0) is 37.8 Å². The van der Waals surface area contributed by atoms with Crippen LogP contribution in [0.1, 0.15) is 33.6 Å². The number of carbonyl (C=O) groups is 2. The number of urea groups is 1. The largest absolute Gasteiger partial charge is 0.482 e. The van der Waals surface area contributed by atoms with Crippen molar-refractivity contribution < 1.29 is 14.3 Å². The maximum atomic E-state index is 12.0. The minimum atomic E-state index is -0.240. The molecular weight excluding hydrogens is 282 g/mol. The summed E-state index contributed by atoms with van der Waals surface area (Å²) in [4.78, 5) is 23.2. The molecule has 0 saturated heterocycles. The van der Waals surface area contributed by atoms with Gasteiger partial charge in [-0.2, -0.15) is 0 Å². The van der Waals surface area contributed by atoms with Crippen molar-refractivity contribution in [3.63, 3.8) is 0 Å². The molecule has 1 heterocycles. The van der Waals surface area contributed by atoms with E-state index in [0.29, 0.717) is 23.0 Å². The van der Waals surface area contributed by atoms with E-state index in [9.17, 15) is 9.59 Å². The van der Waals surface area contributed by atoms with Crippen LogP contribution < -0.4 is 20.7 Å². The standard InChI is InChI=1S/C16H23N3O3/c1-10(2)4-5-11(3)17-16(21)18-12-6-7-13-14(8-12)22-9-15(20)19-13/h6-8,10-11H,4-5,9H2,1-3H3,(H,19,20)(H2,17,18,21). The highest BCUT2D eigenvalue weighted by Gasteiger charge is 2.16. The van der Waals surface area contributed by atoms with Crippen molar-refractivity contribution in [2.45, 2.75) is 39.7 Å². The third-order valence-electron chi connectivity index (χ3n) is 3.43. The molecule has 1 atom stereocenters. The molecule has 0 saturated carbocycles. The van der Waals surface area contributed by atoms with E-state index < -0.39 is 0 Å². The van der Waals surface area contributed by atoms with Crippen LogP contribution in [-0.4, -0.2) is 24.6 Å². The van der Waals surface area contributed by atoms with Gasteiger partial charge in [-0.1, -0.05) is 13.8 Å². The fourth-order valence-electron chi connectivity index (χ4n) is 2.20. The maximum absolute atomic E-state index is 12.0. The first-order chi connectivity index (χ1) is 10.4. The van der Waals surface area contributed by atoms with E-state index >= 15 is 0 Å². The van der Waals surface area contributed by atoms with Crippen molar-refractivity contribution in [3.05, 3.63) is 18.2 Å². The first kappa shape index (κ1) is 16.1. The third-order valence-corrected chi connectivity index (χ3v) is 3.43. The molecule has 22 heavy (non-hydrogen) atoms. The first-order valence-corrected chi connectivity index (χ1v) is 7.58. The molecule has 0 spiro atoms. The summed E-state index contributed by atoms with van der Waals surface area (Å²) >= 11 is 0. The van der Waals surface area contributed by atoms with E-state index in [2.05, 4.69) is 29.8 Å². The molecule has 2 rings (SSSR count). The van der Waals surface area contributed by atoms with Crippen LogP contribution in [0.5, 0.6) is 5.75 Å². The van der Waals surface area contributed by atoms with Gasteiger partial charge in [0.15, 0.2) is 6.61 Å². The third kappa shape index (κ3) is 4.65. The van der Waals surface area contributed by atoms with Crippen molar-refractivity contribution in [3.8, 4) is 5.75 Å². The average Bonchev–Trinajstić information content (AvgIpc) is 2.45. The van der Waals surface area contributed by atoms with Crippen LogP contribution in [0.4, 0.5) is 16.2 Å². The molecule has 3 N–H and O–H groups in total. The van der Waals surface area contributed by atoms with E-state index in [4.69, 9.17) is 4.74 Å². The lowest BCUT2D eigenvalue weighted by Crippen LogP contribution is -2.36. The Hall–Kier alpha value is -2.24. The van der Waals surface area contributed by atoms with Crippen LogP contribution in [0.2, 0.25) is 0 Å². The number of hydrogen-bond acceptors (Lipinski definition) is 3. The SMILES string of the molecule is CC(C)CCC(C)NC(=O)Nc1ccc2c(c1)OCC(=O)N2. The van der Waals surface area contributed by atoms with E-state index in [1.165, 1.54) is 0 Å². The highest BCUT2D eigenvalue weighted by molar-refractivity contribution is 5.96. The van der Waals surface area contributed by atoms with Gasteiger partial charge in [0.1, 0.15) is 5.75 Å². The smallest absolute Gasteiger partial charge is 0.319 e. The molecule has 0 aliphatic carbocycles. The van der Waals surface area contributed by atoms with E-state index in [1.807, 2.05) is 6.92 Å². The molecule has 0 radical (unpaired) electrons. The molecule has 6 heteroatoms. The monoisotopic (exact) mass is 305 g/mol. The second-order valence-corrected chi connectivity index (χ2v) is 6.02. The van der Waals surface area contributed by atoms with Crippen molar-refractivity contribution in [1.29, 1.82) is 0 Å². The summed E-state index contributed by atoms with van der Waals surface area (Å²) in [5, 5.41) is 8.40. The number of rotatable bonds is 5. The number of amides is 3. The minimum Gasteiger partial charge on any atom is -0.482 e. The summed E-state index contributed by atoms with van der Waals surface area (Å²) in [5.41, 5.74) is 1.25. The van der Waals surface area contributed by atoms with Gasteiger partial charge in [0.25, 0.3) is 5.91 Å².